The minimum Gasteiger partial charge on any atom is -0.462 e. The van der Waals surface area contributed by atoms with Gasteiger partial charge in [-0.25, -0.2) is 0 Å². The largest absolute Gasteiger partial charge is 0.462 e. The summed E-state index contributed by atoms with van der Waals surface area (Å²) in [6.45, 7) is 4.60. The van der Waals surface area contributed by atoms with E-state index < -0.39 is 0 Å². The smallest absolute Gasteiger partial charge is 0.309 e. The molecule has 0 aromatic heterocycles. The van der Waals surface area contributed by atoms with Crippen molar-refractivity contribution in [2.75, 3.05) is 0 Å². The molecule has 178 valence electrons. The minimum atomic E-state index is 0.111. The van der Waals surface area contributed by atoms with Crippen LogP contribution in [0, 0.1) is 29.6 Å². The molecule has 0 bridgehead atoms. The van der Waals surface area contributed by atoms with Crippen LogP contribution in [-0.2, 0) is 9.53 Å². The van der Waals surface area contributed by atoms with E-state index in [1.165, 1.54) is 89.9 Å². The Morgan fingerprint density at radius 1 is 0.710 bits per heavy atom. The highest BCUT2D eigenvalue weighted by atomic mass is 16.5. The molecule has 2 nitrogen and oxygen atoms in total. The number of ether oxygens (including phenoxy) is 1. The lowest BCUT2D eigenvalue weighted by molar-refractivity contribution is -0.157. The molecule has 0 heterocycles. The van der Waals surface area contributed by atoms with E-state index in [4.69, 9.17) is 4.74 Å². The van der Waals surface area contributed by atoms with Gasteiger partial charge in [0.2, 0.25) is 0 Å². The van der Waals surface area contributed by atoms with Gasteiger partial charge in [0.05, 0.1) is 5.92 Å². The van der Waals surface area contributed by atoms with Crippen LogP contribution in [0.5, 0.6) is 0 Å². The molecule has 3 saturated carbocycles. The molecule has 3 aliphatic rings. The fraction of sp³-hybridized carbons (Fsp3) is 0.897. The van der Waals surface area contributed by atoms with Gasteiger partial charge < -0.3 is 4.74 Å². The number of rotatable bonds is 10. The maximum atomic E-state index is 12.6. The SMILES string of the molecule is CCCC1CCC(CC/C=C/C2CCC(C(=O)OC3CCC(CCC)CC3)CC2)CC1. The summed E-state index contributed by atoms with van der Waals surface area (Å²) in [5, 5.41) is 0. The second-order valence-corrected chi connectivity index (χ2v) is 11.2. The Hall–Kier alpha value is -0.790. The third-order valence-corrected chi connectivity index (χ3v) is 8.69. The average molecular weight is 431 g/mol. The Labute approximate surface area is 193 Å². The second kappa shape index (κ2) is 13.7. The molecule has 0 spiro atoms. The standard InChI is InChI=1S/C29H50O2/c1-3-7-23-11-13-25(14-12-23)9-5-6-10-26-15-19-27(20-16-26)29(30)31-28-21-17-24(8-4-2)18-22-28/h6,10,23-28H,3-5,7-9,11-22H2,1-2H3/b10-6+. The third-order valence-electron chi connectivity index (χ3n) is 8.69. The molecule has 31 heavy (non-hydrogen) atoms. The molecule has 0 saturated heterocycles. The van der Waals surface area contributed by atoms with E-state index in [1.54, 1.807) is 0 Å². The lowest BCUT2D eigenvalue weighted by Crippen LogP contribution is -2.30. The van der Waals surface area contributed by atoms with E-state index >= 15 is 0 Å². The van der Waals surface area contributed by atoms with Gasteiger partial charge in [0.15, 0.2) is 0 Å². The lowest BCUT2D eigenvalue weighted by Gasteiger charge is -2.31. The zero-order valence-corrected chi connectivity index (χ0v) is 20.7. The van der Waals surface area contributed by atoms with E-state index in [9.17, 15) is 4.79 Å². The molecule has 2 heteroatoms. The van der Waals surface area contributed by atoms with Crippen molar-refractivity contribution in [3.8, 4) is 0 Å². The van der Waals surface area contributed by atoms with E-state index in [1.807, 2.05) is 0 Å². The molecule has 0 aromatic rings. The summed E-state index contributed by atoms with van der Waals surface area (Å²) in [7, 11) is 0. The first-order valence-corrected chi connectivity index (χ1v) is 14.0. The van der Waals surface area contributed by atoms with Gasteiger partial charge in [-0.05, 0) is 87.9 Å². The van der Waals surface area contributed by atoms with E-state index in [-0.39, 0.29) is 18.0 Å². The summed E-state index contributed by atoms with van der Waals surface area (Å²) in [5.41, 5.74) is 0. The van der Waals surface area contributed by atoms with E-state index in [2.05, 4.69) is 26.0 Å². The van der Waals surface area contributed by atoms with Crippen molar-refractivity contribution in [3.63, 3.8) is 0 Å². The van der Waals surface area contributed by atoms with Gasteiger partial charge in [0, 0.05) is 0 Å². The summed E-state index contributed by atoms with van der Waals surface area (Å²) in [4.78, 5) is 12.6. The first-order valence-electron chi connectivity index (χ1n) is 14.0. The van der Waals surface area contributed by atoms with Crippen molar-refractivity contribution in [2.24, 2.45) is 29.6 Å². The summed E-state index contributed by atoms with van der Waals surface area (Å²) in [6.07, 6.45) is 28.2. The quantitative estimate of drug-likeness (QED) is 0.256. The summed E-state index contributed by atoms with van der Waals surface area (Å²) < 4.78 is 5.92. The van der Waals surface area contributed by atoms with Gasteiger partial charge in [-0.3, -0.25) is 4.79 Å². The molecule has 0 amide bonds. The van der Waals surface area contributed by atoms with Crippen molar-refractivity contribution in [1.82, 2.24) is 0 Å². The minimum absolute atomic E-state index is 0.111. The van der Waals surface area contributed by atoms with E-state index in [0.29, 0.717) is 5.92 Å². The molecule has 0 atom stereocenters. The third kappa shape index (κ3) is 8.58. The Bertz CT molecular complexity index is 515. The molecular formula is C29H50O2. The van der Waals surface area contributed by atoms with Gasteiger partial charge in [0.25, 0.3) is 0 Å². The van der Waals surface area contributed by atoms with Crippen LogP contribution in [0.3, 0.4) is 0 Å². The highest BCUT2D eigenvalue weighted by Crippen LogP contribution is 2.35. The van der Waals surface area contributed by atoms with Crippen LogP contribution in [0.4, 0.5) is 0 Å². The topological polar surface area (TPSA) is 26.3 Å². The first kappa shape index (κ1) is 24.8. The molecule has 3 aliphatic carbocycles. The summed E-state index contributed by atoms with van der Waals surface area (Å²) in [6, 6.07) is 0. The second-order valence-electron chi connectivity index (χ2n) is 11.2. The Kier molecular flexibility index (Phi) is 11.0. The van der Waals surface area contributed by atoms with Crippen molar-refractivity contribution in [2.45, 2.75) is 136 Å². The first-order chi connectivity index (χ1) is 15.2. The molecule has 0 aromatic carbocycles. The van der Waals surface area contributed by atoms with Crippen molar-refractivity contribution >= 4 is 5.97 Å². The van der Waals surface area contributed by atoms with Crippen LogP contribution < -0.4 is 0 Å². The van der Waals surface area contributed by atoms with Crippen LogP contribution in [0.2, 0.25) is 0 Å². The maximum Gasteiger partial charge on any atom is 0.309 e. The zero-order valence-electron chi connectivity index (χ0n) is 20.7. The Balaban J connectivity index is 1.25. The van der Waals surface area contributed by atoms with Gasteiger partial charge >= 0.3 is 5.97 Å². The molecule has 0 aliphatic heterocycles. The van der Waals surface area contributed by atoms with Crippen LogP contribution in [0.1, 0.15) is 129 Å². The monoisotopic (exact) mass is 430 g/mol. The van der Waals surface area contributed by atoms with E-state index in [0.717, 1.165) is 43.4 Å². The van der Waals surface area contributed by atoms with Crippen LogP contribution in [-0.4, -0.2) is 12.1 Å². The van der Waals surface area contributed by atoms with Gasteiger partial charge in [-0.15, -0.1) is 0 Å². The predicted molar refractivity (Wildman–Crippen MR) is 131 cm³/mol. The normalized spacial score (nSPS) is 34.6. The molecule has 3 fully saturated rings. The van der Waals surface area contributed by atoms with Crippen LogP contribution >= 0.6 is 0 Å². The van der Waals surface area contributed by atoms with Crippen molar-refractivity contribution < 1.29 is 9.53 Å². The number of allylic oxidation sites excluding steroid dienone is 2. The Morgan fingerprint density at radius 2 is 1.23 bits per heavy atom. The fourth-order valence-electron chi connectivity index (χ4n) is 6.59. The van der Waals surface area contributed by atoms with Crippen molar-refractivity contribution in [1.29, 1.82) is 0 Å². The summed E-state index contributed by atoms with van der Waals surface area (Å²) in [5.74, 6) is 3.83. The maximum absolute atomic E-state index is 12.6. The molecular weight excluding hydrogens is 380 g/mol. The molecule has 0 radical (unpaired) electrons. The number of carbonyl (C=O) groups excluding carboxylic acids is 1. The highest BCUT2D eigenvalue weighted by Gasteiger charge is 2.30. The molecule has 3 rings (SSSR count). The number of hydrogen-bond acceptors (Lipinski definition) is 2. The van der Waals surface area contributed by atoms with Crippen molar-refractivity contribution in [3.05, 3.63) is 12.2 Å². The van der Waals surface area contributed by atoms with Gasteiger partial charge in [-0.2, -0.15) is 0 Å². The molecule has 0 N–H and O–H groups in total. The van der Waals surface area contributed by atoms with Gasteiger partial charge in [-0.1, -0.05) is 77.4 Å². The van der Waals surface area contributed by atoms with Crippen LogP contribution in [0.15, 0.2) is 12.2 Å². The Morgan fingerprint density at radius 3 is 1.77 bits per heavy atom. The molecule has 0 unspecified atom stereocenters. The zero-order chi connectivity index (χ0) is 21.9. The van der Waals surface area contributed by atoms with Gasteiger partial charge in [0.1, 0.15) is 6.10 Å². The number of carbonyl (C=O) groups is 1. The fourth-order valence-corrected chi connectivity index (χ4v) is 6.59. The number of esters is 1. The lowest BCUT2D eigenvalue weighted by atomic mass is 9.78. The summed E-state index contributed by atoms with van der Waals surface area (Å²) >= 11 is 0. The highest BCUT2D eigenvalue weighted by molar-refractivity contribution is 5.72. The predicted octanol–water partition coefficient (Wildman–Crippen LogP) is 8.64. The number of hydrogen-bond donors (Lipinski definition) is 0. The van der Waals surface area contributed by atoms with Crippen LogP contribution in [0.25, 0.3) is 0 Å². The average Bonchev–Trinajstić information content (AvgIpc) is 2.80.